The second-order valence-electron chi connectivity index (χ2n) is 11.3. The number of rotatable bonds is 12. The van der Waals surface area contributed by atoms with E-state index in [1.54, 1.807) is 20.8 Å². The molecule has 0 bridgehead atoms. The van der Waals surface area contributed by atoms with Gasteiger partial charge in [0.15, 0.2) is 0 Å². The van der Waals surface area contributed by atoms with Gasteiger partial charge >= 0.3 is 6.09 Å². The van der Waals surface area contributed by atoms with Gasteiger partial charge in [-0.05, 0) is 52.5 Å². The number of unbranched alkanes of at least 4 members (excludes halogenated alkanes) is 2. The molecule has 2 rings (SSSR count). The van der Waals surface area contributed by atoms with Gasteiger partial charge in [-0.3, -0.25) is 14.4 Å². The van der Waals surface area contributed by atoms with E-state index in [0.717, 1.165) is 50.5 Å². The number of alkyl carbamates (subject to hydrolysis) is 1. The second kappa shape index (κ2) is 14.7. The van der Waals surface area contributed by atoms with Crippen LogP contribution in [0.25, 0.3) is 0 Å². The van der Waals surface area contributed by atoms with Crippen LogP contribution >= 0.6 is 0 Å². The Balaban J connectivity index is 2.46. The molecule has 38 heavy (non-hydrogen) atoms. The van der Waals surface area contributed by atoms with E-state index in [0.29, 0.717) is 12.0 Å². The average Bonchev–Trinajstić information content (AvgIpc) is 2.82. The molecular weight excluding hydrogens is 484 g/mol. The molecule has 1 aromatic rings. The number of benzene rings is 1. The maximum Gasteiger partial charge on any atom is 0.408 e. The van der Waals surface area contributed by atoms with E-state index in [4.69, 9.17) is 10.5 Å². The van der Waals surface area contributed by atoms with Gasteiger partial charge in [-0.1, -0.05) is 68.9 Å². The summed E-state index contributed by atoms with van der Waals surface area (Å²) < 4.78 is 5.33. The second-order valence-corrected chi connectivity index (χ2v) is 11.3. The minimum Gasteiger partial charge on any atom is -0.444 e. The molecule has 0 heterocycles. The summed E-state index contributed by atoms with van der Waals surface area (Å²) >= 11 is 0. The lowest BCUT2D eigenvalue weighted by atomic mass is 9.94. The Hall–Kier alpha value is -3.10. The first-order valence-electron chi connectivity index (χ1n) is 13.9. The summed E-state index contributed by atoms with van der Waals surface area (Å²) in [7, 11) is 0. The highest BCUT2D eigenvalue weighted by atomic mass is 16.6. The van der Waals surface area contributed by atoms with E-state index in [9.17, 15) is 19.2 Å². The van der Waals surface area contributed by atoms with Crippen molar-refractivity contribution < 1.29 is 23.9 Å². The monoisotopic (exact) mass is 530 g/mol. The van der Waals surface area contributed by atoms with Crippen LogP contribution < -0.4 is 16.4 Å². The van der Waals surface area contributed by atoms with Gasteiger partial charge in [0.25, 0.3) is 0 Å². The summed E-state index contributed by atoms with van der Waals surface area (Å²) in [5.41, 5.74) is 6.31. The molecule has 0 aromatic heterocycles. The number of hydrogen-bond donors (Lipinski definition) is 3. The Bertz CT molecular complexity index is 953. The van der Waals surface area contributed by atoms with Crippen LogP contribution in [0.4, 0.5) is 4.79 Å². The number of aryl methyl sites for hydroxylation is 1. The highest BCUT2D eigenvalue weighted by molar-refractivity contribution is 5.94. The fraction of sp³-hybridized carbons (Fsp3) is 0.655. The van der Waals surface area contributed by atoms with Crippen molar-refractivity contribution in [2.45, 2.75) is 116 Å². The topological polar surface area (TPSA) is 131 Å². The smallest absolute Gasteiger partial charge is 0.408 e. The molecule has 9 nitrogen and oxygen atoms in total. The van der Waals surface area contributed by atoms with Crippen LogP contribution in [0.15, 0.2) is 24.3 Å². The van der Waals surface area contributed by atoms with Gasteiger partial charge < -0.3 is 26.0 Å². The summed E-state index contributed by atoms with van der Waals surface area (Å²) in [5, 5.41) is 5.71. The van der Waals surface area contributed by atoms with Crippen LogP contribution in [0.5, 0.6) is 0 Å². The summed E-state index contributed by atoms with van der Waals surface area (Å²) in [4.78, 5) is 53.9. The number of ether oxygens (including phenoxy) is 1. The van der Waals surface area contributed by atoms with Crippen LogP contribution in [0.2, 0.25) is 0 Å². The van der Waals surface area contributed by atoms with Gasteiger partial charge in [0.1, 0.15) is 17.7 Å². The largest absolute Gasteiger partial charge is 0.444 e. The summed E-state index contributed by atoms with van der Waals surface area (Å²) in [6.07, 6.45) is 6.27. The zero-order valence-corrected chi connectivity index (χ0v) is 23.7. The molecule has 1 saturated carbocycles. The first-order valence-corrected chi connectivity index (χ1v) is 13.9. The molecule has 0 spiro atoms. The third kappa shape index (κ3) is 10.3. The minimum absolute atomic E-state index is 0.0532. The number of hydrogen-bond acceptors (Lipinski definition) is 5. The maximum atomic E-state index is 14.0. The fourth-order valence-corrected chi connectivity index (χ4v) is 4.79. The first kappa shape index (κ1) is 31.1. The van der Waals surface area contributed by atoms with Crippen molar-refractivity contribution in [1.29, 1.82) is 0 Å². The molecule has 212 valence electrons. The lowest BCUT2D eigenvalue weighted by Gasteiger charge is -2.35. The molecule has 9 heteroatoms. The normalized spacial score (nSPS) is 15.7. The molecule has 4 amide bonds. The van der Waals surface area contributed by atoms with Crippen molar-refractivity contribution >= 4 is 23.8 Å². The Morgan fingerprint density at radius 2 is 1.79 bits per heavy atom. The third-order valence-corrected chi connectivity index (χ3v) is 6.55. The van der Waals surface area contributed by atoms with Crippen molar-refractivity contribution in [1.82, 2.24) is 15.5 Å². The molecule has 1 aliphatic carbocycles. The minimum atomic E-state index is -1.27. The van der Waals surface area contributed by atoms with Gasteiger partial charge in [0.05, 0.1) is 6.42 Å². The summed E-state index contributed by atoms with van der Waals surface area (Å²) in [6.45, 7) is 9.39. The van der Waals surface area contributed by atoms with Crippen molar-refractivity contribution in [3.05, 3.63) is 35.4 Å². The molecule has 2 unspecified atom stereocenters. The molecule has 1 fully saturated rings. The van der Waals surface area contributed by atoms with Crippen molar-refractivity contribution in [3.63, 3.8) is 0 Å². The lowest BCUT2D eigenvalue weighted by Crippen LogP contribution is -2.55. The first-order chi connectivity index (χ1) is 17.9. The number of nitrogens with zero attached hydrogens (tertiary/aromatic N) is 1. The Labute approximate surface area is 227 Å². The van der Waals surface area contributed by atoms with Crippen molar-refractivity contribution in [3.8, 4) is 0 Å². The van der Waals surface area contributed by atoms with Crippen LogP contribution in [-0.4, -0.2) is 52.9 Å². The number of nitrogens with two attached hydrogens (primary N) is 1. The van der Waals surface area contributed by atoms with Crippen LogP contribution in [0.1, 0.15) is 103 Å². The zero-order chi connectivity index (χ0) is 28.3. The predicted molar refractivity (Wildman–Crippen MR) is 147 cm³/mol. The molecule has 0 aliphatic heterocycles. The Kier molecular flexibility index (Phi) is 12.1. The number of nitrogens with one attached hydrogen (secondary N) is 2. The van der Waals surface area contributed by atoms with E-state index in [1.165, 1.54) is 4.90 Å². The summed E-state index contributed by atoms with van der Waals surface area (Å²) in [6, 6.07) is 5.40. The number of carbonyl (C=O) groups excluding carboxylic acids is 4. The third-order valence-electron chi connectivity index (χ3n) is 6.55. The van der Waals surface area contributed by atoms with Crippen LogP contribution in [-0.2, 0) is 19.1 Å². The van der Waals surface area contributed by atoms with E-state index in [-0.39, 0.29) is 18.5 Å². The van der Waals surface area contributed by atoms with Crippen molar-refractivity contribution in [2.75, 3.05) is 6.54 Å². The van der Waals surface area contributed by atoms with Gasteiger partial charge in [0.2, 0.25) is 17.7 Å². The summed E-state index contributed by atoms with van der Waals surface area (Å²) in [5.74, 6) is -1.55. The van der Waals surface area contributed by atoms with Gasteiger partial charge in [-0.25, -0.2) is 4.79 Å². The molecule has 4 N–H and O–H groups in total. The van der Waals surface area contributed by atoms with Crippen LogP contribution in [0.3, 0.4) is 0 Å². The van der Waals surface area contributed by atoms with Gasteiger partial charge in [-0.15, -0.1) is 0 Å². The van der Waals surface area contributed by atoms with Gasteiger partial charge in [0, 0.05) is 12.6 Å². The molecule has 0 saturated heterocycles. The SMILES string of the molecule is CCCCCN(C(=O)C(CC(N)=O)NC(=O)OC(C)(C)C)C(C(=O)NC1CCCCC1)c1cccc(C)c1. The highest BCUT2D eigenvalue weighted by Crippen LogP contribution is 2.26. The predicted octanol–water partition coefficient (Wildman–Crippen LogP) is 4.27. The standard InChI is InChI=1S/C29H46N4O5/c1-6-7-11-17-33(27(36)23(19-24(30)34)32-28(37)38-29(3,4)5)25(21-14-12-13-20(2)18-21)26(35)31-22-15-9-8-10-16-22/h12-14,18,22-23,25H,6-11,15-17,19H2,1-5H3,(H2,30,34)(H,31,35)(H,32,37). The highest BCUT2D eigenvalue weighted by Gasteiger charge is 2.37. The molecular formula is C29H46N4O5. The van der Waals surface area contributed by atoms with E-state index in [2.05, 4.69) is 17.6 Å². The number of carbonyl (C=O) groups is 4. The van der Waals surface area contributed by atoms with E-state index < -0.39 is 42.0 Å². The molecule has 0 radical (unpaired) electrons. The number of primary amides is 1. The molecule has 2 atom stereocenters. The Morgan fingerprint density at radius 3 is 2.37 bits per heavy atom. The number of amides is 4. The fourth-order valence-electron chi connectivity index (χ4n) is 4.79. The quantitative estimate of drug-likeness (QED) is 0.347. The van der Waals surface area contributed by atoms with Gasteiger partial charge in [-0.2, -0.15) is 0 Å². The van der Waals surface area contributed by atoms with E-state index in [1.807, 2.05) is 31.2 Å². The Morgan fingerprint density at radius 1 is 1.11 bits per heavy atom. The van der Waals surface area contributed by atoms with Crippen molar-refractivity contribution in [2.24, 2.45) is 5.73 Å². The average molecular weight is 531 g/mol. The zero-order valence-electron chi connectivity index (χ0n) is 23.7. The molecule has 1 aliphatic rings. The molecule has 1 aromatic carbocycles. The maximum absolute atomic E-state index is 14.0. The van der Waals surface area contributed by atoms with E-state index >= 15 is 0 Å². The van der Waals surface area contributed by atoms with Crippen LogP contribution in [0, 0.1) is 6.92 Å². The lowest BCUT2D eigenvalue weighted by molar-refractivity contribution is -0.143.